The maximum absolute atomic E-state index is 13.8. The van der Waals surface area contributed by atoms with Crippen molar-refractivity contribution in [2.75, 3.05) is 32.2 Å². The number of likely N-dealkylation sites (tertiary alicyclic amines) is 1. The molecular weight excluding hydrogens is 818 g/mol. The molecule has 2 saturated heterocycles. The Hall–Kier alpha value is -5.87. The molecule has 3 aliphatic rings. The number of amides is 3. The van der Waals surface area contributed by atoms with Crippen molar-refractivity contribution in [1.29, 1.82) is 0 Å². The zero-order chi connectivity index (χ0) is 45.2. The lowest BCUT2D eigenvalue weighted by atomic mass is 9.94. The van der Waals surface area contributed by atoms with Gasteiger partial charge in [0.25, 0.3) is 0 Å². The van der Waals surface area contributed by atoms with E-state index in [1.54, 1.807) is 4.90 Å². The molecule has 0 radical (unpaired) electrons. The minimum Gasteiger partial charge on any atom is -0.453 e. The van der Waals surface area contributed by atoms with Crippen LogP contribution < -0.4 is 15.5 Å². The number of nitrogens with one attached hydrogen (secondary N) is 4. The molecule has 4 N–H and O–H groups in total. The lowest BCUT2D eigenvalue weighted by Gasteiger charge is -2.30. The number of aromatic amines is 2. The second kappa shape index (κ2) is 18.9. The predicted octanol–water partition coefficient (Wildman–Crippen LogP) is 8.08. The topological polar surface area (TPSA) is 175 Å². The number of methoxy groups -OCH3 is 2. The van der Waals surface area contributed by atoms with Gasteiger partial charge in [-0.25, -0.2) is 19.6 Å². The minimum atomic E-state index is -4.39. The van der Waals surface area contributed by atoms with Crippen LogP contribution in [0.2, 0.25) is 0 Å². The molecule has 2 fully saturated rings. The second-order valence-electron chi connectivity index (χ2n) is 17.4. The molecule has 17 heteroatoms. The van der Waals surface area contributed by atoms with Gasteiger partial charge in [0.2, 0.25) is 11.9 Å². The van der Waals surface area contributed by atoms with Gasteiger partial charge in [-0.3, -0.25) is 9.59 Å². The molecule has 0 spiro atoms. The van der Waals surface area contributed by atoms with Crippen molar-refractivity contribution in [2.24, 2.45) is 11.8 Å². The minimum absolute atomic E-state index is 0.0698. The molecular formula is C46H57F3N8O6. The van der Waals surface area contributed by atoms with Gasteiger partial charge in [0.1, 0.15) is 11.9 Å². The van der Waals surface area contributed by atoms with Gasteiger partial charge < -0.3 is 39.9 Å². The van der Waals surface area contributed by atoms with Gasteiger partial charge in [-0.2, -0.15) is 13.2 Å². The van der Waals surface area contributed by atoms with Gasteiger partial charge in [-0.05, 0) is 79.0 Å². The predicted molar refractivity (Wildman–Crippen MR) is 231 cm³/mol. The van der Waals surface area contributed by atoms with E-state index in [0.29, 0.717) is 55.4 Å². The molecule has 4 heterocycles. The number of hydrogen-bond donors (Lipinski definition) is 4. The van der Waals surface area contributed by atoms with Crippen LogP contribution >= 0.6 is 0 Å². The number of carbonyl (C=O) groups is 4. The Morgan fingerprint density at radius 1 is 0.810 bits per heavy atom. The highest BCUT2D eigenvalue weighted by atomic mass is 19.4. The third-order valence-corrected chi connectivity index (χ3v) is 12.5. The molecule has 0 saturated carbocycles. The van der Waals surface area contributed by atoms with Gasteiger partial charge >= 0.3 is 18.4 Å². The first-order valence-corrected chi connectivity index (χ1v) is 21.8. The van der Waals surface area contributed by atoms with Crippen molar-refractivity contribution in [3.63, 3.8) is 0 Å². The SMILES string of the molecule is COC(=O)N[C@H](C(=O)C1CCCN1c1nc2c([nH]1)CCCc1cc(-c3ccc(-c4[nH]c([C@@H]5CCCN5C(=O)[C@@H](NC(=O)OC)C(C)C)nc4CCC(F)(F)F)cc3)ccc1-2)C(C)C. The van der Waals surface area contributed by atoms with E-state index < -0.39 is 49.0 Å². The summed E-state index contributed by atoms with van der Waals surface area (Å²) >= 11 is 0. The summed E-state index contributed by atoms with van der Waals surface area (Å²) in [7, 11) is 2.51. The Morgan fingerprint density at radius 3 is 2.13 bits per heavy atom. The lowest BCUT2D eigenvalue weighted by Crippen LogP contribution is -2.52. The van der Waals surface area contributed by atoms with Crippen molar-refractivity contribution in [1.82, 2.24) is 35.5 Å². The fourth-order valence-electron chi connectivity index (χ4n) is 9.17. The molecule has 4 aromatic rings. The van der Waals surface area contributed by atoms with E-state index in [2.05, 4.69) is 32.7 Å². The first-order valence-electron chi connectivity index (χ1n) is 21.8. The maximum atomic E-state index is 13.8. The Bertz CT molecular complexity index is 2300. The van der Waals surface area contributed by atoms with Crippen LogP contribution in [0.1, 0.15) is 95.0 Å². The van der Waals surface area contributed by atoms with Gasteiger partial charge in [0.15, 0.2) is 5.78 Å². The molecule has 2 aromatic carbocycles. The van der Waals surface area contributed by atoms with Crippen LogP contribution in [0.4, 0.5) is 28.7 Å². The summed E-state index contributed by atoms with van der Waals surface area (Å²) in [5.41, 5.74) is 7.32. The van der Waals surface area contributed by atoms with Crippen LogP contribution in [0.25, 0.3) is 33.6 Å². The Kier molecular flexibility index (Phi) is 13.5. The van der Waals surface area contributed by atoms with Crippen LogP contribution in [0.5, 0.6) is 0 Å². The number of hydrogen-bond acceptors (Lipinski definition) is 9. The first kappa shape index (κ1) is 45.2. The Morgan fingerprint density at radius 2 is 1.46 bits per heavy atom. The van der Waals surface area contributed by atoms with E-state index in [1.807, 2.05) is 62.9 Å². The summed E-state index contributed by atoms with van der Waals surface area (Å²) < 4.78 is 50.2. The summed E-state index contributed by atoms with van der Waals surface area (Å²) in [6.45, 7) is 8.50. The van der Waals surface area contributed by atoms with E-state index in [0.717, 1.165) is 59.3 Å². The number of benzene rings is 2. The monoisotopic (exact) mass is 874 g/mol. The number of alkyl carbamates (subject to hydrolysis) is 2. The van der Waals surface area contributed by atoms with Gasteiger partial charge in [-0.1, -0.05) is 70.2 Å². The smallest absolute Gasteiger partial charge is 0.407 e. The number of H-pyrrole nitrogens is 2. The number of ketones is 1. The standard InChI is InChI=1S/C46H57F3N8O6/c1-25(2)36(54-44(60)62-5)40(58)34-12-8-23-57(34)43-51-32-11-7-10-30-24-29(18-19-31(30)39(32)53-43)27-14-16-28(17-15-27)38-33(20-21-46(47,48)49)50-41(52-38)35-13-9-22-56(35)42(59)37(26(3)4)55-45(61)63-6/h14-19,24-26,34-37H,7-13,20-23H2,1-6H3,(H,50,52)(H,51,53)(H,54,60)(H,55,61)/t34?,35-,36-,37-/m0/s1. The van der Waals surface area contributed by atoms with E-state index in [1.165, 1.54) is 14.2 Å². The highest BCUT2D eigenvalue weighted by Gasteiger charge is 2.40. The number of ether oxygens (including phenoxy) is 2. The molecule has 3 amide bonds. The maximum Gasteiger partial charge on any atom is 0.407 e. The number of Topliss-reactive ketones (excluding diaryl/α,β-unsaturated/α-hetero) is 1. The number of nitrogens with zero attached hydrogens (tertiary/aromatic N) is 4. The molecule has 14 nitrogen and oxygen atoms in total. The van der Waals surface area contributed by atoms with Crippen molar-refractivity contribution < 1.29 is 41.8 Å². The summed E-state index contributed by atoms with van der Waals surface area (Å²) in [6.07, 6.45) is -1.94. The van der Waals surface area contributed by atoms with Crippen molar-refractivity contribution >= 4 is 29.8 Å². The third-order valence-electron chi connectivity index (χ3n) is 12.5. The lowest BCUT2D eigenvalue weighted by molar-refractivity contribution is -0.135. The van der Waals surface area contributed by atoms with Crippen LogP contribution in [-0.2, 0) is 38.3 Å². The van der Waals surface area contributed by atoms with Crippen molar-refractivity contribution in [2.45, 2.75) is 116 Å². The third kappa shape index (κ3) is 9.86. The summed E-state index contributed by atoms with van der Waals surface area (Å²) in [5.74, 6) is 0.308. The summed E-state index contributed by atoms with van der Waals surface area (Å²) in [4.78, 5) is 72.1. The molecule has 2 aromatic heterocycles. The Balaban J connectivity index is 1.13. The number of carbonyl (C=O) groups excluding carboxylic acids is 4. The van der Waals surface area contributed by atoms with E-state index >= 15 is 0 Å². The van der Waals surface area contributed by atoms with Crippen LogP contribution in [-0.4, -0.2) is 100 Å². The molecule has 4 atom stereocenters. The second-order valence-corrected chi connectivity index (χ2v) is 17.4. The fraction of sp³-hybridized carbons (Fsp3) is 0.522. The highest BCUT2D eigenvalue weighted by Crippen LogP contribution is 2.39. The average molecular weight is 875 g/mol. The first-order chi connectivity index (χ1) is 30.1. The van der Waals surface area contributed by atoms with Crippen molar-refractivity contribution in [3.05, 3.63) is 65.2 Å². The fourth-order valence-corrected chi connectivity index (χ4v) is 9.17. The van der Waals surface area contributed by atoms with Gasteiger partial charge in [0, 0.05) is 37.2 Å². The van der Waals surface area contributed by atoms with Gasteiger partial charge in [0.05, 0.1) is 49.4 Å². The largest absolute Gasteiger partial charge is 0.453 e. The molecule has 0 bridgehead atoms. The zero-order valence-corrected chi connectivity index (χ0v) is 36.7. The molecule has 1 unspecified atom stereocenters. The molecule has 63 heavy (non-hydrogen) atoms. The number of imidazole rings is 2. The van der Waals surface area contributed by atoms with E-state index in [4.69, 9.17) is 19.4 Å². The molecule has 7 rings (SSSR count). The van der Waals surface area contributed by atoms with Crippen molar-refractivity contribution in [3.8, 4) is 33.6 Å². The number of rotatable bonds is 13. The van der Waals surface area contributed by atoms with Crippen LogP contribution in [0, 0.1) is 11.8 Å². The van der Waals surface area contributed by atoms with Crippen LogP contribution in [0.15, 0.2) is 42.5 Å². The normalized spacial score (nSPS) is 18.5. The average Bonchev–Trinajstić information content (AvgIpc) is 4.08. The number of fused-ring (bicyclic) bond motifs is 3. The van der Waals surface area contributed by atoms with Gasteiger partial charge in [-0.15, -0.1) is 0 Å². The van der Waals surface area contributed by atoms with E-state index in [-0.39, 0.29) is 35.6 Å². The number of halogens is 3. The highest BCUT2D eigenvalue weighted by molar-refractivity contribution is 5.94. The zero-order valence-electron chi connectivity index (χ0n) is 36.7. The number of anilines is 1. The summed E-state index contributed by atoms with van der Waals surface area (Å²) in [6, 6.07) is 11.4. The number of aryl methyl sites for hydroxylation is 3. The molecule has 338 valence electrons. The van der Waals surface area contributed by atoms with Crippen LogP contribution in [0.3, 0.4) is 0 Å². The number of aromatic nitrogens is 4. The molecule has 2 aliphatic heterocycles. The quantitative estimate of drug-likeness (QED) is 0.104. The molecule has 1 aliphatic carbocycles. The van der Waals surface area contributed by atoms with E-state index in [9.17, 15) is 32.3 Å². The Labute approximate surface area is 365 Å². The number of alkyl halides is 3. The summed E-state index contributed by atoms with van der Waals surface area (Å²) in [5, 5.41) is 5.35.